The minimum absolute atomic E-state index is 0.0163. The number of rotatable bonds is 8. The monoisotopic (exact) mass is 492 g/mol. The zero-order valence-corrected chi connectivity index (χ0v) is 21.5. The molecule has 37 heavy (non-hydrogen) atoms. The van der Waals surface area contributed by atoms with Crippen molar-refractivity contribution in [2.75, 3.05) is 11.5 Å². The number of ether oxygens (including phenoxy) is 2. The van der Waals surface area contributed by atoms with Crippen LogP contribution in [0.4, 0.5) is 11.4 Å². The molecular weight excluding hydrogens is 456 g/mol. The fraction of sp³-hybridized carbons (Fsp3) is 0.273. The number of hydrogen-bond acceptors (Lipinski definition) is 4. The van der Waals surface area contributed by atoms with Gasteiger partial charge >= 0.3 is 0 Å². The minimum Gasteiger partial charge on any atom is -0.457 e. The van der Waals surface area contributed by atoms with Gasteiger partial charge in [-0.3, -0.25) is 0 Å². The molecule has 1 aliphatic rings. The average molecular weight is 493 g/mol. The summed E-state index contributed by atoms with van der Waals surface area (Å²) in [5.41, 5.74) is 15.8. The first-order valence-electron chi connectivity index (χ1n) is 13.3. The SMILES string of the molecule is CCCC1CCCC(c2ccc(Oc3ccc(N)cc3)cc2)(c2ccc(Oc3ccc(N)cc3)cc2)C1. The Kier molecular flexibility index (Phi) is 7.36. The number of benzene rings is 4. The van der Waals surface area contributed by atoms with Gasteiger partial charge in [0, 0.05) is 16.8 Å². The molecule has 0 aliphatic heterocycles. The van der Waals surface area contributed by atoms with E-state index in [-0.39, 0.29) is 5.41 Å². The van der Waals surface area contributed by atoms with Crippen LogP contribution in [0.15, 0.2) is 97.1 Å². The highest BCUT2D eigenvalue weighted by molar-refractivity contribution is 5.47. The third-order valence-corrected chi connectivity index (χ3v) is 7.60. The van der Waals surface area contributed by atoms with Crippen molar-refractivity contribution in [2.45, 2.75) is 50.9 Å². The van der Waals surface area contributed by atoms with Gasteiger partial charge in [0.05, 0.1) is 0 Å². The molecule has 0 spiro atoms. The standard InChI is InChI=1S/C33H36N2O2/c1-2-4-24-5-3-22-33(23-24,25-6-14-29(15-7-25)36-31-18-10-27(34)11-19-31)26-8-16-30(17-9-26)37-32-20-12-28(35)13-21-32/h6-21,24H,2-5,22-23,34-35H2,1H3. The second kappa shape index (κ2) is 11.0. The van der Waals surface area contributed by atoms with Crippen LogP contribution in [0.2, 0.25) is 0 Å². The predicted molar refractivity (Wildman–Crippen MR) is 152 cm³/mol. The van der Waals surface area contributed by atoms with Gasteiger partial charge < -0.3 is 20.9 Å². The number of nitrogens with two attached hydrogens (primary N) is 2. The van der Waals surface area contributed by atoms with E-state index < -0.39 is 0 Å². The first-order chi connectivity index (χ1) is 18.0. The lowest BCUT2D eigenvalue weighted by Gasteiger charge is -2.42. The molecule has 4 aromatic carbocycles. The van der Waals surface area contributed by atoms with Crippen LogP contribution in [0.5, 0.6) is 23.0 Å². The Bertz CT molecular complexity index is 1190. The van der Waals surface area contributed by atoms with Gasteiger partial charge in [-0.1, -0.05) is 56.9 Å². The molecule has 0 aromatic heterocycles. The topological polar surface area (TPSA) is 70.5 Å². The van der Waals surface area contributed by atoms with Crippen molar-refractivity contribution in [1.82, 2.24) is 0 Å². The zero-order chi connectivity index (χ0) is 25.7. The molecule has 1 saturated carbocycles. The van der Waals surface area contributed by atoms with Crippen LogP contribution in [0.1, 0.15) is 56.6 Å². The number of hydrogen-bond donors (Lipinski definition) is 2. The normalized spacial score (nSPS) is 16.7. The van der Waals surface area contributed by atoms with Gasteiger partial charge in [0.1, 0.15) is 23.0 Å². The molecule has 4 N–H and O–H groups in total. The third-order valence-electron chi connectivity index (χ3n) is 7.60. The number of anilines is 2. The third kappa shape index (κ3) is 5.75. The summed E-state index contributed by atoms with van der Waals surface area (Å²) in [6.45, 7) is 2.29. The lowest BCUT2D eigenvalue weighted by molar-refractivity contribution is 0.244. The van der Waals surface area contributed by atoms with Gasteiger partial charge in [-0.05, 0) is 103 Å². The molecule has 4 nitrogen and oxygen atoms in total. The Labute approximate surface area is 220 Å². The van der Waals surface area contributed by atoms with E-state index in [1.807, 2.05) is 48.5 Å². The van der Waals surface area contributed by atoms with Gasteiger partial charge in [-0.15, -0.1) is 0 Å². The van der Waals surface area contributed by atoms with Crippen molar-refractivity contribution in [2.24, 2.45) is 5.92 Å². The molecule has 1 aliphatic carbocycles. The molecule has 1 fully saturated rings. The largest absolute Gasteiger partial charge is 0.457 e. The van der Waals surface area contributed by atoms with Crippen LogP contribution in [0.25, 0.3) is 0 Å². The van der Waals surface area contributed by atoms with Crippen molar-refractivity contribution < 1.29 is 9.47 Å². The lowest BCUT2D eigenvalue weighted by atomic mass is 9.62. The summed E-state index contributed by atoms with van der Waals surface area (Å²) >= 11 is 0. The molecular formula is C33H36N2O2. The van der Waals surface area contributed by atoms with Crippen LogP contribution in [-0.2, 0) is 5.41 Å². The maximum absolute atomic E-state index is 6.07. The summed E-state index contributed by atoms with van der Waals surface area (Å²) in [5.74, 6) is 3.96. The van der Waals surface area contributed by atoms with E-state index in [2.05, 4.69) is 55.5 Å². The van der Waals surface area contributed by atoms with Gasteiger partial charge in [-0.2, -0.15) is 0 Å². The molecule has 1 unspecified atom stereocenters. The summed E-state index contributed by atoms with van der Waals surface area (Å²) in [7, 11) is 0. The highest BCUT2D eigenvalue weighted by atomic mass is 16.5. The fourth-order valence-electron chi connectivity index (χ4n) is 5.76. The van der Waals surface area contributed by atoms with Crippen molar-refractivity contribution in [3.05, 3.63) is 108 Å². The van der Waals surface area contributed by atoms with Crippen molar-refractivity contribution in [3.63, 3.8) is 0 Å². The molecule has 0 bridgehead atoms. The molecule has 0 amide bonds. The van der Waals surface area contributed by atoms with E-state index in [0.717, 1.165) is 53.1 Å². The minimum atomic E-state index is -0.0163. The van der Waals surface area contributed by atoms with Crippen LogP contribution < -0.4 is 20.9 Å². The molecule has 0 radical (unpaired) electrons. The van der Waals surface area contributed by atoms with Crippen LogP contribution in [0, 0.1) is 5.92 Å². The van der Waals surface area contributed by atoms with Crippen molar-refractivity contribution >= 4 is 11.4 Å². The summed E-state index contributed by atoms with van der Waals surface area (Å²) in [4.78, 5) is 0. The molecule has 4 heteroatoms. The lowest BCUT2D eigenvalue weighted by Crippen LogP contribution is -2.34. The smallest absolute Gasteiger partial charge is 0.127 e. The predicted octanol–water partition coefficient (Wildman–Crippen LogP) is 8.71. The number of nitrogen functional groups attached to an aromatic ring is 2. The summed E-state index contributed by atoms with van der Waals surface area (Å²) in [5, 5.41) is 0. The van der Waals surface area contributed by atoms with E-state index in [4.69, 9.17) is 20.9 Å². The summed E-state index contributed by atoms with van der Waals surface area (Å²) < 4.78 is 12.1. The fourth-order valence-corrected chi connectivity index (χ4v) is 5.76. The highest BCUT2D eigenvalue weighted by Crippen LogP contribution is 2.48. The first kappa shape index (κ1) is 24.8. The summed E-state index contributed by atoms with van der Waals surface area (Å²) in [6.07, 6.45) is 7.35. The summed E-state index contributed by atoms with van der Waals surface area (Å²) in [6, 6.07) is 32.4. The van der Waals surface area contributed by atoms with Crippen LogP contribution in [0.3, 0.4) is 0 Å². The van der Waals surface area contributed by atoms with Gasteiger partial charge in [0.25, 0.3) is 0 Å². The van der Waals surface area contributed by atoms with Gasteiger partial charge in [0.2, 0.25) is 0 Å². The quantitative estimate of drug-likeness (QED) is 0.241. The Morgan fingerprint density at radius 2 is 1.05 bits per heavy atom. The molecule has 0 heterocycles. The second-order valence-electron chi connectivity index (χ2n) is 10.2. The van der Waals surface area contributed by atoms with Gasteiger partial charge in [0.15, 0.2) is 0 Å². The maximum Gasteiger partial charge on any atom is 0.127 e. The van der Waals surface area contributed by atoms with Crippen LogP contribution in [-0.4, -0.2) is 0 Å². The van der Waals surface area contributed by atoms with Crippen molar-refractivity contribution in [3.8, 4) is 23.0 Å². The molecule has 4 aromatic rings. The Hall–Kier alpha value is -3.92. The average Bonchev–Trinajstić information content (AvgIpc) is 2.92. The van der Waals surface area contributed by atoms with E-state index in [1.165, 1.54) is 36.8 Å². The molecule has 5 rings (SSSR count). The van der Waals surface area contributed by atoms with Crippen LogP contribution >= 0.6 is 0 Å². The van der Waals surface area contributed by atoms with E-state index in [0.29, 0.717) is 0 Å². The second-order valence-corrected chi connectivity index (χ2v) is 10.2. The maximum atomic E-state index is 6.07. The molecule has 190 valence electrons. The Morgan fingerprint density at radius 1 is 0.649 bits per heavy atom. The van der Waals surface area contributed by atoms with E-state index in [9.17, 15) is 0 Å². The van der Waals surface area contributed by atoms with E-state index in [1.54, 1.807) is 0 Å². The molecule has 0 saturated heterocycles. The van der Waals surface area contributed by atoms with Crippen molar-refractivity contribution in [1.29, 1.82) is 0 Å². The Balaban J connectivity index is 1.42. The highest BCUT2D eigenvalue weighted by Gasteiger charge is 2.39. The molecule has 1 atom stereocenters. The Morgan fingerprint density at radius 3 is 1.46 bits per heavy atom. The first-order valence-corrected chi connectivity index (χ1v) is 13.3. The van der Waals surface area contributed by atoms with E-state index >= 15 is 0 Å². The van der Waals surface area contributed by atoms with Gasteiger partial charge in [-0.25, -0.2) is 0 Å². The zero-order valence-electron chi connectivity index (χ0n) is 21.5.